The maximum atomic E-state index is 13.2. The molecule has 0 bridgehead atoms. The molecule has 1 spiro atoms. The molecule has 1 aliphatic heterocycles. The summed E-state index contributed by atoms with van der Waals surface area (Å²) in [7, 11) is -3.93. The van der Waals surface area contributed by atoms with Crippen LogP contribution in [0.15, 0.2) is 53.4 Å². The van der Waals surface area contributed by atoms with E-state index in [0.29, 0.717) is 12.2 Å². The maximum Gasteiger partial charge on any atom is 0.416 e. The molecule has 4 rings (SSSR count). The Bertz CT molecular complexity index is 962. The van der Waals surface area contributed by atoms with Gasteiger partial charge in [0.25, 0.3) is 10.0 Å². The minimum atomic E-state index is -4.49. The summed E-state index contributed by atoms with van der Waals surface area (Å²) in [4.78, 5) is -0.116. The lowest BCUT2D eigenvalue weighted by Gasteiger charge is -2.45. The molecule has 7 heteroatoms. The van der Waals surface area contributed by atoms with Gasteiger partial charge in [-0.3, -0.25) is 4.31 Å². The normalized spacial score (nSPS) is 19.5. The summed E-state index contributed by atoms with van der Waals surface area (Å²) in [6.45, 7) is 0.348. The van der Waals surface area contributed by atoms with Gasteiger partial charge in [-0.2, -0.15) is 13.2 Å². The summed E-state index contributed by atoms with van der Waals surface area (Å²) >= 11 is 0. The zero-order valence-corrected chi connectivity index (χ0v) is 16.2. The van der Waals surface area contributed by atoms with Crippen molar-refractivity contribution in [3.63, 3.8) is 0 Å². The van der Waals surface area contributed by atoms with Gasteiger partial charge in [-0.15, -0.1) is 0 Å². The van der Waals surface area contributed by atoms with E-state index < -0.39 is 21.8 Å². The van der Waals surface area contributed by atoms with Crippen molar-refractivity contribution in [2.24, 2.45) is 0 Å². The highest BCUT2D eigenvalue weighted by atomic mass is 32.2. The summed E-state index contributed by atoms with van der Waals surface area (Å²) in [5.41, 5.74) is 0.875. The van der Waals surface area contributed by atoms with Gasteiger partial charge in [-0.1, -0.05) is 37.5 Å². The number of sulfonamides is 1. The second-order valence-corrected chi connectivity index (χ2v) is 9.57. The Hall–Kier alpha value is -2.02. The number of hydrogen-bond acceptors (Lipinski definition) is 2. The zero-order chi connectivity index (χ0) is 20.0. The van der Waals surface area contributed by atoms with E-state index in [1.807, 2.05) is 24.3 Å². The van der Waals surface area contributed by atoms with Crippen molar-refractivity contribution in [2.75, 3.05) is 10.8 Å². The van der Waals surface area contributed by atoms with Crippen molar-refractivity contribution >= 4 is 15.7 Å². The van der Waals surface area contributed by atoms with Crippen molar-refractivity contribution in [2.45, 2.75) is 55.0 Å². The van der Waals surface area contributed by atoms with E-state index in [4.69, 9.17) is 0 Å². The Morgan fingerprint density at radius 3 is 2.14 bits per heavy atom. The first-order valence-electron chi connectivity index (χ1n) is 9.54. The Morgan fingerprint density at radius 2 is 1.50 bits per heavy atom. The van der Waals surface area contributed by atoms with Crippen molar-refractivity contribution in [1.29, 1.82) is 0 Å². The number of fused-ring (bicyclic) bond motifs is 2. The standard InChI is InChI=1S/C21H22F3NO2S/c22-21(23,24)16-8-10-17(11-9-16)28(26,27)25-15-14-20(12-4-1-5-13-20)18-6-2-3-7-19(18)25/h2-3,6-11H,1,4-5,12-15H2. The van der Waals surface area contributed by atoms with Crippen LogP contribution in [0, 0.1) is 0 Å². The van der Waals surface area contributed by atoms with E-state index in [-0.39, 0.29) is 10.3 Å². The molecule has 150 valence electrons. The van der Waals surface area contributed by atoms with E-state index in [9.17, 15) is 21.6 Å². The highest BCUT2D eigenvalue weighted by molar-refractivity contribution is 7.92. The van der Waals surface area contributed by atoms with Gasteiger partial charge in [-0.25, -0.2) is 8.42 Å². The molecule has 1 aliphatic carbocycles. The number of rotatable bonds is 2. The first-order valence-corrected chi connectivity index (χ1v) is 11.0. The largest absolute Gasteiger partial charge is 0.416 e. The molecular weight excluding hydrogens is 387 g/mol. The molecule has 1 saturated carbocycles. The van der Waals surface area contributed by atoms with Crippen LogP contribution in [-0.4, -0.2) is 15.0 Å². The number of alkyl halides is 3. The minimum absolute atomic E-state index is 0.0149. The number of benzene rings is 2. The van der Waals surface area contributed by atoms with Crippen LogP contribution in [-0.2, 0) is 21.6 Å². The van der Waals surface area contributed by atoms with Gasteiger partial charge in [0.05, 0.1) is 16.1 Å². The quantitative estimate of drug-likeness (QED) is 0.656. The molecule has 0 N–H and O–H groups in total. The fraction of sp³-hybridized carbons (Fsp3) is 0.429. The van der Waals surface area contributed by atoms with Gasteiger partial charge in [-0.05, 0) is 60.6 Å². The zero-order valence-electron chi connectivity index (χ0n) is 15.4. The van der Waals surface area contributed by atoms with Crippen LogP contribution in [0.2, 0.25) is 0 Å². The number of hydrogen-bond donors (Lipinski definition) is 0. The molecule has 0 saturated heterocycles. The van der Waals surface area contributed by atoms with Gasteiger partial charge >= 0.3 is 6.18 Å². The van der Waals surface area contributed by atoms with Gasteiger partial charge in [0.1, 0.15) is 0 Å². The van der Waals surface area contributed by atoms with Crippen molar-refractivity contribution in [3.05, 3.63) is 59.7 Å². The predicted octanol–water partition coefficient (Wildman–Crippen LogP) is 5.51. The lowest BCUT2D eigenvalue weighted by Crippen LogP contribution is -2.44. The highest BCUT2D eigenvalue weighted by Crippen LogP contribution is 2.49. The molecule has 1 fully saturated rings. The summed E-state index contributed by atoms with van der Waals surface area (Å²) < 4.78 is 66.3. The summed E-state index contributed by atoms with van der Waals surface area (Å²) in [5.74, 6) is 0. The topological polar surface area (TPSA) is 37.4 Å². The Labute approximate surface area is 163 Å². The molecule has 3 nitrogen and oxygen atoms in total. The number of nitrogens with zero attached hydrogens (tertiary/aromatic N) is 1. The molecule has 28 heavy (non-hydrogen) atoms. The molecule has 2 aromatic rings. The van der Waals surface area contributed by atoms with Gasteiger partial charge in [0.2, 0.25) is 0 Å². The first-order chi connectivity index (χ1) is 13.2. The third kappa shape index (κ3) is 3.19. The van der Waals surface area contributed by atoms with E-state index in [1.54, 1.807) is 0 Å². The maximum absolute atomic E-state index is 13.2. The fourth-order valence-electron chi connectivity index (χ4n) is 4.65. The second kappa shape index (κ2) is 6.79. The predicted molar refractivity (Wildman–Crippen MR) is 102 cm³/mol. The van der Waals surface area contributed by atoms with Crippen molar-refractivity contribution in [3.8, 4) is 0 Å². The molecule has 0 aromatic heterocycles. The van der Waals surface area contributed by atoms with Crippen LogP contribution in [0.25, 0.3) is 0 Å². The molecule has 1 heterocycles. The fourth-order valence-corrected chi connectivity index (χ4v) is 6.14. The third-order valence-electron chi connectivity index (χ3n) is 6.12. The first kappa shape index (κ1) is 19.3. The molecule has 0 amide bonds. The third-order valence-corrected chi connectivity index (χ3v) is 7.95. The summed E-state index contributed by atoms with van der Waals surface area (Å²) in [5, 5.41) is 0. The van der Waals surface area contributed by atoms with Crippen LogP contribution in [0.3, 0.4) is 0 Å². The monoisotopic (exact) mass is 409 g/mol. The van der Waals surface area contributed by atoms with E-state index in [0.717, 1.165) is 61.9 Å². The number of anilines is 1. The highest BCUT2D eigenvalue weighted by Gasteiger charge is 2.42. The molecule has 0 unspecified atom stereocenters. The molecule has 2 aliphatic rings. The minimum Gasteiger partial charge on any atom is -0.266 e. The van der Waals surface area contributed by atoms with Gasteiger partial charge in [0, 0.05) is 6.54 Å². The van der Waals surface area contributed by atoms with E-state index in [2.05, 4.69) is 0 Å². The Kier molecular flexibility index (Phi) is 4.68. The summed E-state index contributed by atoms with van der Waals surface area (Å²) in [6.07, 6.45) is 1.84. The smallest absolute Gasteiger partial charge is 0.266 e. The Balaban J connectivity index is 1.73. The van der Waals surface area contributed by atoms with Gasteiger partial charge < -0.3 is 0 Å². The Morgan fingerprint density at radius 1 is 0.857 bits per heavy atom. The van der Waals surface area contributed by atoms with Crippen molar-refractivity contribution in [1.82, 2.24) is 0 Å². The molecule has 0 radical (unpaired) electrons. The lowest BCUT2D eigenvalue weighted by atomic mass is 9.65. The van der Waals surface area contributed by atoms with Crippen LogP contribution in [0.1, 0.15) is 49.7 Å². The number of halogens is 3. The molecular formula is C21H22F3NO2S. The van der Waals surface area contributed by atoms with Crippen LogP contribution < -0.4 is 4.31 Å². The summed E-state index contributed by atoms with van der Waals surface area (Å²) in [6, 6.07) is 11.3. The second-order valence-electron chi connectivity index (χ2n) is 7.71. The lowest BCUT2D eigenvalue weighted by molar-refractivity contribution is -0.137. The van der Waals surface area contributed by atoms with Crippen LogP contribution >= 0.6 is 0 Å². The van der Waals surface area contributed by atoms with Crippen molar-refractivity contribution < 1.29 is 21.6 Å². The van der Waals surface area contributed by atoms with Gasteiger partial charge in [0.15, 0.2) is 0 Å². The van der Waals surface area contributed by atoms with E-state index in [1.165, 1.54) is 10.7 Å². The van der Waals surface area contributed by atoms with Crippen LogP contribution in [0.5, 0.6) is 0 Å². The molecule has 0 atom stereocenters. The molecule has 2 aromatic carbocycles. The average molecular weight is 409 g/mol. The SMILES string of the molecule is O=S(=O)(c1ccc(C(F)(F)F)cc1)N1CCC2(CCCCC2)c2ccccc21. The van der Waals surface area contributed by atoms with E-state index >= 15 is 0 Å². The van der Waals surface area contributed by atoms with Crippen LogP contribution in [0.4, 0.5) is 18.9 Å². The number of para-hydroxylation sites is 1. The average Bonchev–Trinajstić information content (AvgIpc) is 2.68.